The summed E-state index contributed by atoms with van der Waals surface area (Å²) in [7, 11) is 0. The largest absolute Gasteiger partial charge is 0.435 e. The van der Waals surface area contributed by atoms with Crippen LogP contribution in [0.15, 0.2) is 41.8 Å². The van der Waals surface area contributed by atoms with Gasteiger partial charge in [-0.1, -0.05) is 19.1 Å². The Morgan fingerprint density at radius 1 is 1.19 bits per heavy atom. The maximum absolute atomic E-state index is 12.3. The predicted octanol–water partition coefficient (Wildman–Crippen LogP) is 3.67. The molecule has 2 aromatic rings. The van der Waals surface area contributed by atoms with Crippen molar-refractivity contribution >= 4 is 23.2 Å². The first-order valence-electron chi connectivity index (χ1n) is 10.3. The van der Waals surface area contributed by atoms with Crippen molar-refractivity contribution in [2.75, 3.05) is 26.2 Å². The molecule has 168 valence electrons. The lowest BCUT2D eigenvalue weighted by atomic mass is 9.97. The van der Waals surface area contributed by atoms with Crippen LogP contribution in [-0.4, -0.2) is 49.5 Å². The smallest absolute Gasteiger partial charge is 0.387 e. The monoisotopic (exact) mass is 451 g/mol. The summed E-state index contributed by atoms with van der Waals surface area (Å²) in [6, 6.07) is 9.65. The average molecular weight is 452 g/mol. The molecule has 3 rings (SSSR count). The second kappa shape index (κ2) is 11.2. The van der Waals surface area contributed by atoms with Gasteiger partial charge in [-0.25, -0.2) is 0 Å². The number of nitrogens with zero attached hydrogens (tertiary/aromatic N) is 1. The second-order valence-electron chi connectivity index (χ2n) is 7.64. The third-order valence-corrected chi connectivity index (χ3v) is 6.33. The van der Waals surface area contributed by atoms with E-state index in [0.717, 1.165) is 31.8 Å². The number of ether oxygens (including phenoxy) is 1. The first-order chi connectivity index (χ1) is 14.9. The van der Waals surface area contributed by atoms with Gasteiger partial charge in [0.1, 0.15) is 5.75 Å². The van der Waals surface area contributed by atoms with E-state index < -0.39 is 12.5 Å². The quantitative estimate of drug-likeness (QED) is 0.610. The van der Waals surface area contributed by atoms with Crippen LogP contribution in [0.25, 0.3) is 0 Å². The summed E-state index contributed by atoms with van der Waals surface area (Å²) in [5.41, 5.74) is 0.143. The Morgan fingerprint density at radius 2 is 1.97 bits per heavy atom. The molecular formula is C22H27F2N3O3S. The Bertz CT molecular complexity index is 855. The fraction of sp³-hybridized carbons (Fsp3) is 0.455. The normalized spacial score (nSPS) is 16.1. The van der Waals surface area contributed by atoms with Gasteiger partial charge < -0.3 is 15.4 Å². The topological polar surface area (TPSA) is 70.7 Å². The highest BCUT2D eigenvalue weighted by atomic mass is 32.1. The fourth-order valence-electron chi connectivity index (χ4n) is 3.58. The van der Waals surface area contributed by atoms with Gasteiger partial charge in [-0.15, -0.1) is 11.3 Å². The summed E-state index contributed by atoms with van der Waals surface area (Å²) in [6.07, 6.45) is 2.28. The van der Waals surface area contributed by atoms with E-state index in [0.29, 0.717) is 6.54 Å². The van der Waals surface area contributed by atoms with Crippen molar-refractivity contribution in [1.82, 2.24) is 15.5 Å². The lowest BCUT2D eigenvalue weighted by Gasteiger charge is -2.36. The number of amides is 2. The number of likely N-dealkylation sites (tertiary alicyclic amines) is 1. The number of nitrogens with one attached hydrogen (secondary N) is 2. The first-order valence-corrected chi connectivity index (χ1v) is 11.2. The number of rotatable bonds is 9. The minimum absolute atomic E-state index is 0.107. The van der Waals surface area contributed by atoms with Crippen LogP contribution in [0.3, 0.4) is 0 Å². The van der Waals surface area contributed by atoms with Crippen molar-refractivity contribution in [1.29, 1.82) is 0 Å². The molecule has 1 saturated heterocycles. The summed E-state index contributed by atoms with van der Waals surface area (Å²) < 4.78 is 29.0. The van der Waals surface area contributed by atoms with Crippen molar-refractivity contribution in [2.45, 2.75) is 32.4 Å². The number of alkyl halides is 2. The van der Waals surface area contributed by atoms with Gasteiger partial charge in [0.05, 0.1) is 12.6 Å². The van der Waals surface area contributed by atoms with Crippen LogP contribution in [0.4, 0.5) is 8.78 Å². The number of benzene rings is 1. The third-order valence-electron chi connectivity index (χ3n) is 5.35. The average Bonchev–Trinajstić information content (AvgIpc) is 3.27. The molecule has 0 bridgehead atoms. The molecule has 1 aliphatic heterocycles. The molecule has 1 fully saturated rings. The van der Waals surface area contributed by atoms with Crippen LogP contribution in [0, 0.1) is 5.92 Å². The lowest BCUT2D eigenvalue weighted by Crippen LogP contribution is -2.44. The second-order valence-corrected chi connectivity index (χ2v) is 8.62. The molecule has 6 nitrogen and oxygen atoms in total. The van der Waals surface area contributed by atoms with E-state index in [9.17, 15) is 18.4 Å². The molecule has 0 aliphatic carbocycles. The molecule has 9 heteroatoms. The van der Waals surface area contributed by atoms with Crippen molar-refractivity contribution in [3.63, 3.8) is 0 Å². The van der Waals surface area contributed by atoms with E-state index in [2.05, 4.69) is 33.3 Å². The van der Waals surface area contributed by atoms with Crippen LogP contribution in [0.2, 0.25) is 0 Å². The molecule has 1 atom stereocenters. The highest BCUT2D eigenvalue weighted by molar-refractivity contribution is 7.10. The molecule has 0 spiro atoms. The van der Waals surface area contributed by atoms with Gasteiger partial charge in [-0.2, -0.15) is 8.78 Å². The van der Waals surface area contributed by atoms with E-state index in [1.54, 1.807) is 11.3 Å². The molecule has 31 heavy (non-hydrogen) atoms. The Labute approximate surface area is 184 Å². The maximum Gasteiger partial charge on any atom is 0.387 e. The molecule has 2 N–H and O–H groups in total. The number of carbonyl (C=O) groups excluding carboxylic acids is 2. The molecule has 2 amide bonds. The zero-order chi connectivity index (χ0) is 22.2. The maximum atomic E-state index is 12.3. The zero-order valence-corrected chi connectivity index (χ0v) is 18.2. The highest BCUT2D eigenvalue weighted by Crippen LogP contribution is 2.29. The lowest BCUT2D eigenvalue weighted by molar-refractivity contribution is -0.120. The number of carbonyl (C=O) groups is 2. The predicted molar refractivity (Wildman–Crippen MR) is 115 cm³/mol. The number of thiophene rings is 1. The van der Waals surface area contributed by atoms with E-state index in [1.807, 2.05) is 11.4 Å². The number of halogens is 2. The summed E-state index contributed by atoms with van der Waals surface area (Å²) in [5, 5.41) is 7.46. The van der Waals surface area contributed by atoms with Crippen LogP contribution in [-0.2, 0) is 4.79 Å². The molecule has 0 radical (unpaired) electrons. The van der Waals surface area contributed by atoms with Crippen LogP contribution >= 0.6 is 11.3 Å². The number of piperidine rings is 1. The van der Waals surface area contributed by atoms with E-state index in [4.69, 9.17) is 0 Å². The molecule has 0 saturated carbocycles. The third kappa shape index (κ3) is 7.00. The molecular weight excluding hydrogens is 424 g/mol. The van der Waals surface area contributed by atoms with Gasteiger partial charge >= 0.3 is 6.61 Å². The van der Waals surface area contributed by atoms with Gasteiger partial charge in [0.2, 0.25) is 5.91 Å². The van der Waals surface area contributed by atoms with E-state index >= 15 is 0 Å². The summed E-state index contributed by atoms with van der Waals surface area (Å²) >= 11 is 1.67. The molecule has 1 aromatic carbocycles. The Morgan fingerprint density at radius 3 is 2.65 bits per heavy atom. The zero-order valence-electron chi connectivity index (χ0n) is 17.4. The summed E-state index contributed by atoms with van der Waals surface area (Å²) in [6.45, 7) is 1.54. The molecule has 1 aromatic heterocycles. The van der Waals surface area contributed by atoms with Gasteiger partial charge in [0, 0.05) is 17.0 Å². The number of hydrogen-bond donors (Lipinski definition) is 2. The fourth-order valence-corrected chi connectivity index (χ4v) is 4.44. The van der Waals surface area contributed by atoms with Gasteiger partial charge in [-0.3, -0.25) is 14.5 Å². The SMILES string of the molecule is CC1CCN(C(CNC(=O)CNC(=O)c2cccc(OC(F)F)c2)c2cccs2)CC1. The van der Waals surface area contributed by atoms with Crippen molar-refractivity contribution in [3.8, 4) is 5.75 Å². The number of hydrogen-bond acceptors (Lipinski definition) is 5. The first kappa shape index (κ1) is 23.1. The Balaban J connectivity index is 1.50. The summed E-state index contributed by atoms with van der Waals surface area (Å²) in [4.78, 5) is 28.2. The van der Waals surface area contributed by atoms with Crippen LogP contribution < -0.4 is 15.4 Å². The Kier molecular flexibility index (Phi) is 8.36. The van der Waals surface area contributed by atoms with Crippen molar-refractivity contribution in [2.24, 2.45) is 5.92 Å². The molecule has 1 unspecified atom stereocenters. The molecule has 2 heterocycles. The molecule has 1 aliphatic rings. The minimum atomic E-state index is -2.97. The standard InChI is InChI=1S/C22H27F2N3O3S/c1-15-7-9-27(10-8-15)18(19-6-3-11-31-19)13-25-20(28)14-26-21(29)16-4-2-5-17(12-16)30-22(23)24/h2-6,11-12,15,18,22H,7-10,13-14H2,1H3,(H,25,28)(H,26,29). The Hall–Kier alpha value is -2.52. The minimum Gasteiger partial charge on any atom is -0.435 e. The van der Waals surface area contributed by atoms with Crippen molar-refractivity contribution in [3.05, 3.63) is 52.2 Å². The van der Waals surface area contributed by atoms with Crippen LogP contribution in [0.1, 0.15) is 41.0 Å². The van der Waals surface area contributed by atoms with Gasteiger partial charge in [0.25, 0.3) is 5.91 Å². The summed E-state index contributed by atoms with van der Waals surface area (Å²) in [5.74, 6) is -0.230. The highest BCUT2D eigenvalue weighted by Gasteiger charge is 2.25. The van der Waals surface area contributed by atoms with Gasteiger partial charge in [-0.05, 0) is 61.5 Å². The van der Waals surface area contributed by atoms with Gasteiger partial charge in [0.15, 0.2) is 0 Å². The van der Waals surface area contributed by atoms with E-state index in [1.165, 1.54) is 29.1 Å². The van der Waals surface area contributed by atoms with E-state index in [-0.39, 0.29) is 29.8 Å². The van der Waals surface area contributed by atoms with Crippen molar-refractivity contribution < 1.29 is 23.1 Å². The van der Waals surface area contributed by atoms with Crippen LogP contribution in [0.5, 0.6) is 5.75 Å².